The lowest BCUT2D eigenvalue weighted by Gasteiger charge is -2.19. The van der Waals surface area contributed by atoms with Crippen LogP contribution in [0.15, 0.2) is 66.9 Å². The van der Waals surface area contributed by atoms with Gasteiger partial charge in [0.15, 0.2) is 11.5 Å². The molecule has 152 valence electrons. The molecule has 0 saturated carbocycles. The van der Waals surface area contributed by atoms with E-state index in [9.17, 15) is 0 Å². The van der Waals surface area contributed by atoms with Gasteiger partial charge >= 0.3 is 0 Å². The maximum Gasteiger partial charge on any atom is 0.163 e. The third-order valence-electron chi connectivity index (χ3n) is 5.95. The predicted octanol–water partition coefficient (Wildman–Crippen LogP) is 5.63. The summed E-state index contributed by atoms with van der Waals surface area (Å²) in [5, 5.41) is 7.07. The van der Waals surface area contributed by atoms with E-state index in [1.165, 1.54) is 11.1 Å². The molecule has 1 aliphatic heterocycles. The van der Waals surface area contributed by atoms with Crippen molar-refractivity contribution in [3.8, 4) is 28.4 Å². The van der Waals surface area contributed by atoms with E-state index in [2.05, 4.69) is 44.2 Å². The Bertz CT molecular complexity index is 1450. The molecular weight excluding hydrogens is 386 g/mol. The van der Waals surface area contributed by atoms with Gasteiger partial charge in [-0.15, -0.1) is 0 Å². The average Bonchev–Trinajstić information content (AvgIpc) is 3.20. The van der Waals surface area contributed by atoms with Gasteiger partial charge in [0.2, 0.25) is 0 Å². The first-order valence-corrected chi connectivity index (χ1v) is 10.4. The Morgan fingerprint density at radius 1 is 0.806 bits per heavy atom. The molecule has 0 unspecified atom stereocenters. The monoisotopic (exact) mass is 407 g/mol. The van der Waals surface area contributed by atoms with Crippen molar-refractivity contribution in [2.45, 2.75) is 13.8 Å². The lowest BCUT2D eigenvalue weighted by atomic mass is 10.1. The van der Waals surface area contributed by atoms with Gasteiger partial charge in [0, 0.05) is 28.6 Å². The van der Waals surface area contributed by atoms with Crippen molar-refractivity contribution >= 4 is 21.8 Å². The first kappa shape index (κ1) is 18.0. The smallest absolute Gasteiger partial charge is 0.163 e. The number of hydrogen-bond acceptors (Lipinski definition) is 4. The molecule has 0 spiro atoms. The molecule has 5 nitrogen and oxygen atoms in total. The topological polar surface area (TPSA) is 49.2 Å². The van der Waals surface area contributed by atoms with Crippen LogP contribution in [0.4, 0.5) is 0 Å². The number of aromatic nitrogens is 3. The van der Waals surface area contributed by atoms with Crippen LogP contribution < -0.4 is 9.47 Å². The van der Waals surface area contributed by atoms with Gasteiger partial charge in [0.05, 0.1) is 16.7 Å². The Kier molecular flexibility index (Phi) is 3.96. The molecule has 0 amide bonds. The summed E-state index contributed by atoms with van der Waals surface area (Å²) in [6, 6.07) is 20.7. The summed E-state index contributed by atoms with van der Waals surface area (Å²) in [6.45, 7) is 5.36. The summed E-state index contributed by atoms with van der Waals surface area (Å²) in [6.07, 6.45) is 1.92. The molecule has 0 radical (unpaired) electrons. The largest absolute Gasteiger partial charge is 0.486 e. The number of pyridine rings is 1. The number of ether oxygens (including phenoxy) is 2. The van der Waals surface area contributed by atoms with Gasteiger partial charge in [-0.25, -0.2) is 4.68 Å². The predicted molar refractivity (Wildman–Crippen MR) is 122 cm³/mol. The summed E-state index contributed by atoms with van der Waals surface area (Å²) >= 11 is 0. The molecule has 0 fully saturated rings. The Balaban J connectivity index is 1.72. The zero-order valence-electron chi connectivity index (χ0n) is 17.4. The second-order valence-corrected chi connectivity index (χ2v) is 7.93. The quantitative estimate of drug-likeness (QED) is 0.381. The normalized spacial score (nSPS) is 13.1. The molecule has 3 heterocycles. The molecule has 3 aromatic carbocycles. The first-order valence-electron chi connectivity index (χ1n) is 10.4. The maximum absolute atomic E-state index is 5.87. The van der Waals surface area contributed by atoms with Crippen molar-refractivity contribution in [2.75, 3.05) is 13.2 Å². The fourth-order valence-electron chi connectivity index (χ4n) is 4.17. The molecule has 5 aromatic rings. The first-order chi connectivity index (χ1) is 15.2. The van der Waals surface area contributed by atoms with Crippen LogP contribution in [-0.4, -0.2) is 28.0 Å². The van der Waals surface area contributed by atoms with E-state index in [1.807, 2.05) is 41.2 Å². The fourth-order valence-corrected chi connectivity index (χ4v) is 4.17. The summed E-state index contributed by atoms with van der Waals surface area (Å²) in [7, 11) is 0. The maximum atomic E-state index is 5.87. The molecule has 0 atom stereocenters. The molecule has 31 heavy (non-hydrogen) atoms. The van der Waals surface area contributed by atoms with Gasteiger partial charge in [0.25, 0.3) is 0 Å². The summed E-state index contributed by atoms with van der Waals surface area (Å²) in [5.74, 6) is 1.49. The zero-order chi connectivity index (χ0) is 20.9. The lowest BCUT2D eigenvalue weighted by molar-refractivity contribution is 0.172. The minimum absolute atomic E-state index is 0.549. The number of fused-ring (bicyclic) bond motifs is 4. The van der Waals surface area contributed by atoms with Crippen LogP contribution in [0, 0.1) is 13.8 Å². The number of aryl methyl sites for hydroxylation is 2. The van der Waals surface area contributed by atoms with Crippen LogP contribution in [0.25, 0.3) is 38.8 Å². The standard InChI is InChI=1S/C26H21N3O2/c1-16-8-9-19(12-17(16)2)29-26-20-13-23-24(31-11-10-30-23)14-22(20)27-15-21(26)25(28-29)18-6-4-3-5-7-18/h3-9,12-15H,10-11H2,1-2H3. The minimum atomic E-state index is 0.549. The van der Waals surface area contributed by atoms with Crippen molar-refractivity contribution in [1.82, 2.24) is 14.8 Å². The van der Waals surface area contributed by atoms with Gasteiger partial charge in [-0.2, -0.15) is 5.10 Å². The van der Waals surface area contributed by atoms with Gasteiger partial charge in [-0.1, -0.05) is 36.4 Å². The van der Waals surface area contributed by atoms with Crippen LogP contribution in [0.1, 0.15) is 11.1 Å². The Morgan fingerprint density at radius 2 is 1.58 bits per heavy atom. The SMILES string of the molecule is Cc1ccc(-n2nc(-c3ccccc3)c3cnc4cc5c(cc4c32)OCCO5)cc1C. The second-order valence-electron chi connectivity index (χ2n) is 7.93. The van der Waals surface area contributed by atoms with Gasteiger partial charge in [-0.05, 0) is 43.2 Å². The van der Waals surface area contributed by atoms with Crippen molar-refractivity contribution in [1.29, 1.82) is 0 Å². The fraction of sp³-hybridized carbons (Fsp3) is 0.154. The van der Waals surface area contributed by atoms with E-state index in [-0.39, 0.29) is 0 Å². The molecule has 0 N–H and O–H groups in total. The molecule has 5 heteroatoms. The summed E-state index contributed by atoms with van der Waals surface area (Å²) in [5.41, 5.74) is 7.37. The van der Waals surface area contributed by atoms with Crippen LogP contribution >= 0.6 is 0 Å². The zero-order valence-corrected chi connectivity index (χ0v) is 17.4. The van der Waals surface area contributed by atoms with Crippen LogP contribution in [0.3, 0.4) is 0 Å². The van der Waals surface area contributed by atoms with Gasteiger partial charge in [-0.3, -0.25) is 4.98 Å². The van der Waals surface area contributed by atoms with Gasteiger partial charge < -0.3 is 9.47 Å². The Hall–Kier alpha value is -3.86. The Morgan fingerprint density at radius 3 is 2.35 bits per heavy atom. The summed E-state index contributed by atoms with van der Waals surface area (Å²) in [4.78, 5) is 4.75. The van der Waals surface area contributed by atoms with E-state index < -0.39 is 0 Å². The number of benzene rings is 3. The van der Waals surface area contributed by atoms with Crippen LogP contribution in [-0.2, 0) is 0 Å². The molecule has 0 bridgehead atoms. The third kappa shape index (κ3) is 2.85. The Labute approximate surface area is 179 Å². The van der Waals surface area contributed by atoms with Crippen molar-refractivity contribution in [3.05, 3.63) is 78.0 Å². The van der Waals surface area contributed by atoms with Crippen molar-refractivity contribution in [3.63, 3.8) is 0 Å². The molecule has 6 rings (SSSR count). The van der Waals surface area contributed by atoms with E-state index in [0.29, 0.717) is 13.2 Å². The molecule has 0 aliphatic carbocycles. The number of hydrogen-bond donors (Lipinski definition) is 0. The summed E-state index contributed by atoms with van der Waals surface area (Å²) < 4.78 is 13.7. The minimum Gasteiger partial charge on any atom is -0.486 e. The molecule has 2 aromatic heterocycles. The number of nitrogens with zero attached hydrogens (tertiary/aromatic N) is 3. The highest BCUT2D eigenvalue weighted by atomic mass is 16.6. The molecule has 1 aliphatic rings. The second kappa shape index (κ2) is 6.84. The third-order valence-corrected chi connectivity index (χ3v) is 5.95. The van der Waals surface area contributed by atoms with E-state index in [0.717, 1.165) is 50.2 Å². The highest BCUT2D eigenvalue weighted by Gasteiger charge is 2.20. The molecular formula is C26H21N3O2. The van der Waals surface area contributed by atoms with Gasteiger partial charge in [0.1, 0.15) is 18.9 Å². The lowest BCUT2D eigenvalue weighted by Crippen LogP contribution is -2.15. The van der Waals surface area contributed by atoms with E-state index in [4.69, 9.17) is 19.6 Å². The van der Waals surface area contributed by atoms with E-state index >= 15 is 0 Å². The van der Waals surface area contributed by atoms with Crippen molar-refractivity contribution < 1.29 is 9.47 Å². The highest BCUT2D eigenvalue weighted by molar-refractivity contribution is 6.09. The molecule has 0 saturated heterocycles. The average molecular weight is 407 g/mol. The highest BCUT2D eigenvalue weighted by Crippen LogP contribution is 2.39. The van der Waals surface area contributed by atoms with Crippen LogP contribution in [0.2, 0.25) is 0 Å². The van der Waals surface area contributed by atoms with Crippen molar-refractivity contribution in [2.24, 2.45) is 0 Å². The van der Waals surface area contributed by atoms with Crippen LogP contribution in [0.5, 0.6) is 11.5 Å². The number of rotatable bonds is 2. The van der Waals surface area contributed by atoms with E-state index in [1.54, 1.807) is 0 Å².